The van der Waals surface area contributed by atoms with E-state index in [0.717, 1.165) is 18.8 Å². The van der Waals surface area contributed by atoms with Crippen LogP contribution in [0.5, 0.6) is 0 Å². The quantitative estimate of drug-likeness (QED) is 0.752. The Morgan fingerprint density at radius 2 is 2.00 bits per heavy atom. The number of likely N-dealkylation sites (tertiary alicyclic amines) is 1. The molecule has 0 aliphatic carbocycles. The summed E-state index contributed by atoms with van der Waals surface area (Å²) in [5.41, 5.74) is 0.751. The minimum Gasteiger partial charge on any atom is -0.337 e. The Labute approximate surface area is 99.8 Å². The third-order valence-corrected chi connectivity index (χ3v) is 3.82. The van der Waals surface area contributed by atoms with Crippen molar-refractivity contribution in [2.24, 2.45) is 11.8 Å². The first-order chi connectivity index (χ1) is 7.58. The minimum atomic E-state index is 0.103. The van der Waals surface area contributed by atoms with Crippen LogP contribution in [0.4, 0.5) is 0 Å². The average Bonchev–Trinajstić information content (AvgIpc) is 2.62. The van der Waals surface area contributed by atoms with Gasteiger partial charge in [-0.3, -0.25) is 4.79 Å². The zero-order valence-corrected chi connectivity index (χ0v) is 10.8. The van der Waals surface area contributed by atoms with Gasteiger partial charge in [-0.25, -0.2) is 0 Å². The number of piperidine rings is 1. The zero-order valence-electron chi connectivity index (χ0n) is 9.93. The fraction of sp³-hybridized carbons (Fsp3) is 0.727. The Bertz CT molecular complexity index is 380. The maximum absolute atomic E-state index is 12.2. The SMILES string of the molecule is Cc1nnsc1C(=O)N1C[C@@H](C)C[C@H](C)C1. The summed E-state index contributed by atoms with van der Waals surface area (Å²) in [5.74, 6) is 1.29. The lowest BCUT2D eigenvalue weighted by molar-refractivity contribution is 0.0627. The van der Waals surface area contributed by atoms with Crippen LogP contribution in [0, 0.1) is 18.8 Å². The van der Waals surface area contributed by atoms with E-state index in [-0.39, 0.29) is 5.91 Å². The molecule has 5 heteroatoms. The first kappa shape index (κ1) is 11.5. The number of carbonyl (C=O) groups excluding carboxylic acids is 1. The number of aryl methyl sites for hydroxylation is 1. The Hall–Kier alpha value is -0.970. The van der Waals surface area contributed by atoms with Crippen molar-refractivity contribution in [3.8, 4) is 0 Å². The van der Waals surface area contributed by atoms with Crippen LogP contribution in [-0.2, 0) is 0 Å². The molecule has 88 valence electrons. The molecule has 1 fully saturated rings. The van der Waals surface area contributed by atoms with Crippen molar-refractivity contribution in [2.45, 2.75) is 27.2 Å². The predicted molar refractivity (Wildman–Crippen MR) is 63.5 cm³/mol. The molecule has 2 atom stereocenters. The standard InChI is InChI=1S/C11H17N3OS/c1-7-4-8(2)6-14(5-7)11(15)10-9(3)12-13-16-10/h7-8H,4-6H2,1-3H3/t7-,8-/m0/s1. The van der Waals surface area contributed by atoms with Crippen molar-refractivity contribution in [2.75, 3.05) is 13.1 Å². The Kier molecular flexibility index (Phi) is 3.23. The van der Waals surface area contributed by atoms with E-state index in [2.05, 4.69) is 23.4 Å². The molecule has 0 bridgehead atoms. The summed E-state index contributed by atoms with van der Waals surface area (Å²) in [4.78, 5) is 14.9. The largest absolute Gasteiger partial charge is 0.337 e. The first-order valence-corrected chi connectivity index (χ1v) is 6.43. The van der Waals surface area contributed by atoms with E-state index in [1.165, 1.54) is 18.0 Å². The molecule has 0 N–H and O–H groups in total. The van der Waals surface area contributed by atoms with Gasteiger partial charge in [-0.15, -0.1) is 5.10 Å². The third kappa shape index (κ3) is 2.24. The van der Waals surface area contributed by atoms with Crippen LogP contribution in [0.25, 0.3) is 0 Å². The smallest absolute Gasteiger partial charge is 0.267 e. The number of hydrogen-bond acceptors (Lipinski definition) is 4. The van der Waals surface area contributed by atoms with Crippen LogP contribution in [0.1, 0.15) is 35.6 Å². The number of hydrogen-bond donors (Lipinski definition) is 0. The lowest BCUT2D eigenvalue weighted by Gasteiger charge is -2.34. The molecule has 1 aromatic rings. The highest BCUT2D eigenvalue weighted by Crippen LogP contribution is 2.23. The van der Waals surface area contributed by atoms with E-state index in [4.69, 9.17) is 0 Å². The average molecular weight is 239 g/mol. The van der Waals surface area contributed by atoms with Crippen molar-refractivity contribution in [1.29, 1.82) is 0 Å². The first-order valence-electron chi connectivity index (χ1n) is 5.66. The molecule has 1 aromatic heterocycles. The summed E-state index contributed by atoms with van der Waals surface area (Å²) in [6.45, 7) is 7.97. The maximum Gasteiger partial charge on any atom is 0.267 e. The van der Waals surface area contributed by atoms with Crippen LogP contribution in [0.3, 0.4) is 0 Å². The monoisotopic (exact) mass is 239 g/mol. The molecule has 2 heterocycles. The van der Waals surface area contributed by atoms with Gasteiger partial charge in [0.25, 0.3) is 5.91 Å². The molecular formula is C11H17N3OS. The molecule has 2 rings (SSSR count). The Balaban J connectivity index is 2.13. The van der Waals surface area contributed by atoms with E-state index < -0.39 is 0 Å². The van der Waals surface area contributed by atoms with Gasteiger partial charge in [0, 0.05) is 13.1 Å². The predicted octanol–water partition coefficient (Wildman–Crippen LogP) is 1.96. The molecule has 0 spiro atoms. The van der Waals surface area contributed by atoms with Gasteiger partial charge >= 0.3 is 0 Å². The summed E-state index contributed by atoms with van der Waals surface area (Å²) in [7, 11) is 0. The lowest BCUT2D eigenvalue weighted by Crippen LogP contribution is -2.42. The summed E-state index contributed by atoms with van der Waals surface area (Å²) in [5, 5.41) is 3.89. The third-order valence-electron chi connectivity index (χ3n) is 3.00. The normalized spacial score (nSPS) is 25.8. The number of nitrogens with zero attached hydrogens (tertiary/aromatic N) is 3. The van der Waals surface area contributed by atoms with Gasteiger partial charge in [0.1, 0.15) is 4.88 Å². The van der Waals surface area contributed by atoms with Gasteiger partial charge in [-0.05, 0) is 36.7 Å². The number of rotatable bonds is 1. The van der Waals surface area contributed by atoms with Gasteiger partial charge in [0.2, 0.25) is 0 Å². The second-order valence-electron chi connectivity index (χ2n) is 4.84. The Morgan fingerprint density at radius 1 is 1.38 bits per heavy atom. The second-order valence-corrected chi connectivity index (χ2v) is 5.60. The minimum absolute atomic E-state index is 0.103. The number of carbonyl (C=O) groups is 1. The molecule has 0 unspecified atom stereocenters. The molecule has 0 saturated carbocycles. The van der Waals surface area contributed by atoms with Crippen LogP contribution in [0.15, 0.2) is 0 Å². The molecular weight excluding hydrogens is 222 g/mol. The zero-order chi connectivity index (χ0) is 11.7. The van der Waals surface area contributed by atoms with Crippen LogP contribution in [-0.4, -0.2) is 33.5 Å². The van der Waals surface area contributed by atoms with Gasteiger partial charge in [0.05, 0.1) is 5.69 Å². The number of aromatic nitrogens is 2. The van der Waals surface area contributed by atoms with Crippen LogP contribution >= 0.6 is 11.5 Å². The van der Waals surface area contributed by atoms with E-state index >= 15 is 0 Å². The van der Waals surface area contributed by atoms with E-state index in [1.807, 2.05) is 11.8 Å². The molecule has 1 saturated heterocycles. The van der Waals surface area contributed by atoms with Crippen molar-refractivity contribution in [1.82, 2.24) is 14.5 Å². The summed E-state index contributed by atoms with van der Waals surface area (Å²) >= 11 is 1.20. The van der Waals surface area contributed by atoms with Crippen molar-refractivity contribution >= 4 is 17.4 Å². The maximum atomic E-state index is 12.2. The molecule has 16 heavy (non-hydrogen) atoms. The van der Waals surface area contributed by atoms with Crippen LogP contribution in [0.2, 0.25) is 0 Å². The van der Waals surface area contributed by atoms with Crippen molar-refractivity contribution < 1.29 is 4.79 Å². The van der Waals surface area contributed by atoms with Gasteiger partial charge in [0.15, 0.2) is 0 Å². The number of amides is 1. The van der Waals surface area contributed by atoms with Crippen molar-refractivity contribution in [3.05, 3.63) is 10.6 Å². The van der Waals surface area contributed by atoms with Gasteiger partial charge in [-0.1, -0.05) is 18.3 Å². The molecule has 4 nitrogen and oxygen atoms in total. The highest BCUT2D eigenvalue weighted by molar-refractivity contribution is 7.07. The van der Waals surface area contributed by atoms with E-state index in [1.54, 1.807) is 0 Å². The molecule has 0 radical (unpaired) electrons. The second kappa shape index (κ2) is 4.49. The highest BCUT2D eigenvalue weighted by Gasteiger charge is 2.28. The fourth-order valence-corrected chi connectivity index (χ4v) is 3.03. The molecule has 1 aliphatic heterocycles. The van der Waals surface area contributed by atoms with Crippen LogP contribution < -0.4 is 0 Å². The molecule has 0 aromatic carbocycles. The summed E-state index contributed by atoms with van der Waals surface area (Å²) < 4.78 is 3.82. The van der Waals surface area contributed by atoms with Crippen molar-refractivity contribution in [3.63, 3.8) is 0 Å². The summed E-state index contributed by atoms with van der Waals surface area (Å²) in [6.07, 6.45) is 1.21. The van der Waals surface area contributed by atoms with Gasteiger partial charge in [-0.2, -0.15) is 0 Å². The topological polar surface area (TPSA) is 46.1 Å². The van der Waals surface area contributed by atoms with Gasteiger partial charge < -0.3 is 4.90 Å². The lowest BCUT2D eigenvalue weighted by atomic mass is 9.92. The highest BCUT2D eigenvalue weighted by atomic mass is 32.1. The van der Waals surface area contributed by atoms with E-state index in [9.17, 15) is 4.79 Å². The fourth-order valence-electron chi connectivity index (χ4n) is 2.40. The Morgan fingerprint density at radius 3 is 2.50 bits per heavy atom. The molecule has 1 aliphatic rings. The summed E-state index contributed by atoms with van der Waals surface area (Å²) in [6, 6.07) is 0. The van der Waals surface area contributed by atoms with E-state index in [0.29, 0.717) is 16.7 Å². The molecule has 1 amide bonds.